The van der Waals surface area contributed by atoms with E-state index >= 15 is 0 Å². The molecule has 0 aromatic carbocycles. The molecular formula is C19H32N4O4. The lowest BCUT2D eigenvalue weighted by molar-refractivity contribution is 0.0592. The van der Waals surface area contributed by atoms with E-state index in [1.54, 1.807) is 0 Å². The Morgan fingerprint density at radius 3 is 2.19 bits per heavy atom. The molecule has 2 rings (SSSR count). The molecule has 1 aromatic rings. The summed E-state index contributed by atoms with van der Waals surface area (Å²) in [5.74, 6) is 0. The summed E-state index contributed by atoms with van der Waals surface area (Å²) in [5.41, 5.74) is 1.92. The van der Waals surface area contributed by atoms with Gasteiger partial charge < -0.3 is 20.0 Å². The first-order chi connectivity index (χ1) is 12.3. The fourth-order valence-corrected chi connectivity index (χ4v) is 3.36. The minimum absolute atomic E-state index is 0.0801. The third kappa shape index (κ3) is 4.93. The molecule has 0 bridgehead atoms. The minimum atomic E-state index is -1.01. The van der Waals surface area contributed by atoms with E-state index in [4.69, 9.17) is 5.10 Å². The molecule has 2 N–H and O–H groups in total. The van der Waals surface area contributed by atoms with Crippen LogP contribution in [-0.2, 0) is 17.4 Å². The van der Waals surface area contributed by atoms with Crippen LogP contribution in [0.2, 0.25) is 0 Å². The van der Waals surface area contributed by atoms with E-state index in [1.807, 2.05) is 4.68 Å². The molecule has 0 radical (unpaired) electrons. The third-order valence-electron chi connectivity index (χ3n) is 4.99. The minimum Gasteiger partial charge on any atom is -0.465 e. The van der Waals surface area contributed by atoms with Gasteiger partial charge >= 0.3 is 12.2 Å². The highest BCUT2D eigenvalue weighted by molar-refractivity contribution is 5.68. The molecule has 0 saturated carbocycles. The fourth-order valence-electron chi connectivity index (χ4n) is 3.36. The zero-order chi connectivity index (χ0) is 20.6. The number of aromatic nitrogens is 2. The molecule has 1 aromatic heterocycles. The fraction of sp³-hybridized carbons (Fsp3) is 0.737. The van der Waals surface area contributed by atoms with Crippen molar-refractivity contribution in [3.05, 3.63) is 17.5 Å². The van der Waals surface area contributed by atoms with Crippen LogP contribution in [0, 0.1) is 0 Å². The van der Waals surface area contributed by atoms with Crippen LogP contribution in [0.25, 0.3) is 0 Å². The van der Waals surface area contributed by atoms with Crippen molar-refractivity contribution >= 4 is 12.2 Å². The zero-order valence-corrected chi connectivity index (χ0v) is 17.2. The van der Waals surface area contributed by atoms with Crippen molar-refractivity contribution in [2.24, 2.45) is 0 Å². The summed E-state index contributed by atoms with van der Waals surface area (Å²) < 4.78 is 1.96. The highest BCUT2D eigenvalue weighted by Gasteiger charge is 2.33. The van der Waals surface area contributed by atoms with Crippen molar-refractivity contribution in [3.8, 4) is 0 Å². The Bertz CT molecular complexity index is 700. The van der Waals surface area contributed by atoms with Crippen molar-refractivity contribution < 1.29 is 19.8 Å². The smallest absolute Gasteiger partial charge is 0.407 e. The van der Waals surface area contributed by atoms with Gasteiger partial charge in [-0.05, 0) is 12.5 Å². The number of aryl methyl sites for hydroxylation is 1. The second kappa shape index (κ2) is 7.40. The molecule has 8 heteroatoms. The monoisotopic (exact) mass is 380 g/mol. The van der Waals surface area contributed by atoms with Gasteiger partial charge in [0.1, 0.15) is 0 Å². The topological polar surface area (TPSA) is 98.9 Å². The van der Waals surface area contributed by atoms with E-state index in [2.05, 4.69) is 47.6 Å². The largest absolute Gasteiger partial charge is 0.465 e. The van der Waals surface area contributed by atoms with Gasteiger partial charge in [0.25, 0.3) is 0 Å². The Morgan fingerprint density at radius 1 is 1.07 bits per heavy atom. The first-order valence-electron chi connectivity index (χ1n) is 9.37. The predicted octanol–water partition coefficient (Wildman–Crippen LogP) is 3.21. The molecule has 27 heavy (non-hydrogen) atoms. The molecule has 1 fully saturated rings. The lowest BCUT2D eigenvalue weighted by atomic mass is 9.88. The molecule has 0 unspecified atom stereocenters. The van der Waals surface area contributed by atoms with E-state index in [-0.39, 0.29) is 36.5 Å². The highest BCUT2D eigenvalue weighted by Crippen LogP contribution is 2.29. The average Bonchev–Trinajstić information content (AvgIpc) is 2.97. The van der Waals surface area contributed by atoms with E-state index in [0.29, 0.717) is 13.0 Å². The van der Waals surface area contributed by atoms with Gasteiger partial charge in [-0.25, -0.2) is 9.59 Å². The van der Waals surface area contributed by atoms with Crippen LogP contribution in [-0.4, -0.2) is 67.7 Å². The summed E-state index contributed by atoms with van der Waals surface area (Å²) in [6.07, 6.45) is -1.49. The molecule has 2 heterocycles. The van der Waals surface area contributed by atoms with Gasteiger partial charge in [-0.1, -0.05) is 41.5 Å². The molecule has 1 saturated heterocycles. The van der Waals surface area contributed by atoms with Crippen LogP contribution in [0.15, 0.2) is 6.07 Å². The molecule has 0 aliphatic carbocycles. The summed E-state index contributed by atoms with van der Waals surface area (Å²) in [6.45, 7) is 13.9. The molecule has 8 nitrogen and oxygen atoms in total. The number of nitrogens with zero attached hydrogens (tertiary/aromatic N) is 4. The van der Waals surface area contributed by atoms with Crippen LogP contribution < -0.4 is 0 Å². The average molecular weight is 380 g/mol. The lowest BCUT2D eigenvalue weighted by Gasteiger charge is -2.38. The maximum atomic E-state index is 11.6. The van der Waals surface area contributed by atoms with Crippen molar-refractivity contribution in [3.63, 3.8) is 0 Å². The summed E-state index contributed by atoms with van der Waals surface area (Å²) in [4.78, 5) is 25.5. The Labute approximate surface area is 160 Å². The summed E-state index contributed by atoms with van der Waals surface area (Å²) in [5, 5.41) is 23.5. The number of hydrogen-bond donors (Lipinski definition) is 2. The van der Waals surface area contributed by atoms with Gasteiger partial charge in [0.05, 0.1) is 11.7 Å². The number of rotatable bonds is 3. The maximum absolute atomic E-state index is 11.6. The molecular weight excluding hydrogens is 348 g/mol. The van der Waals surface area contributed by atoms with Gasteiger partial charge in [0.15, 0.2) is 0 Å². The lowest BCUT2D eigenvalue weighted by Crippen LogP contribution is -2.56. The number of carboxylic acid groups (broad SMARTS) is 2. The Morgan fingerprint density at radius 2 is 1.70 bits per heavy atom. The van der Waals surface area contributed by atoms with E-state index < -0.39 is 12.2 Å². The predicted molar refractivity (Wildman–Crippen MR) is 102 cm³/mol. The number of piperazine rings is 1. The van der Waals surface area contributed by atoms with E-state index in [0.717, 1.165) is 11.4 Å². The summed E-state index contributed by atoms with van der Waals surface area (Å²) in [7, 11) is 0. The first kappa shape index (κ1) is 21.1. The molecule has 0 spiro atoms. The van der Waals surface area contributed by atoms with Gasteiger partial charge in [-0.3, -0.25) is 4.68 Å². The maximum Gasteiger partial charge on any atom is 0.407 e. The number of amides is 2. The van der Waals surface area contributed by atoms with Crippen molar-refractivity contribution in [2.45, 2.75) is 71.4 Å². The van der Waals surface area contributed by atoms with E-state index in [1.165, 1.54) is 9.80 Å². The normalized spacial score (nSPS) is 18.7. The Kier molecular flexibility index (Phi) is 5.77. The molecule has 1 aliphatic rings. The van der Waals surface area contributed by atoms with Crippen LogP contribution in [0.1, 0.15) is 59.4 Å². The van der Waals surface area contributed by atoms with Gasteiger partial charge in [-0.15, -0.1) is 0 Å². The van der Waals surface area contributed by atoms with Gasteiger partial charge in [0, 0.05) is 42.7 Å². The van der Waals surface area contributed by atoms with E-state index in [9.17, 15) is 19.8 Å². The molecule has 2 amide bonds. The van der Waals surface area contributed by atoms with Crippen LogP contribution in [0.5, 0.6) is 0 Å². The van der Waals surface area contributed by atoms with Gasteiger partial charge in [0.2, 0.25) is 0 Å². The molecule has 1 aliphatic heterocycles. The summed E-state index contributed by atoms with van der Waals surface area (Å²) >= 11 is 0. The Hall–Kier alpha value is -2.25. The SMILES string of the molecule is CC(C)(C)c1cc(C(C)(C)C)n(CC[C@@H]2CN(C(=O)O)CCN2C(=O)O)n1. The van der Waals surface area contributed by atoms with Crippen LogP contribution in [0.4, 0.5) is 9.59 Å². The second-order valence-electron chi connectivity index (χ2n) is 9.29. The zero-order valence-electron chi connectivity index (χ0n) is 17.2. The molecule has 152 valence electrons. The van der Waals surface area contributed by atoms with Crippen molar-refractivity contribution in [2.75, 3.05) is 19.6 Å². The molecule has 1 atom stereocenters. The quantitative estimate of drug-likeness (QED) is 0.839. The van der Waals surface area contributed by atoms with Crippen LogP contribution >= 0.6 is 0 Å². The van der Waals surface area contributed by atoms with Crippen molar-refractivity contribution in [1.82, 2.24) is 19.6 Å². The highest BCUT2D eigenvalue weighted by atomic mass is 16.4. The summed E-state index contributed by atoms with van der Waals surface area (Å²) in [6, 6.07) is 1.75. The Balaban J connectivity index is 2.23. The number of hydrogen-bond acceptors (Lipinski definition) is 3. The van der Waals surface area contributed by atoms with Gasteiger partial charge in [-0.2, -0.15) is 5.10 Å². The number of carbonyl (C=O) groups is 2. The standard InChI is InChI=1S/C19H32N4O4/c1-18(2,3)14-11-15(19(4,5)6)23(20-14)8-7-13-12-21(16(24)25)9-10-22(13)17(26)27/h11,13H,7-10,12H2,1-6H3,(H,24,25)(H,26,27)/t13-/m1/s1. The second-order valence-corrected chi connectivity index (χ2v) is 9.29. The third-order valence-corrected chi connectivity index (χ3v) is 4.99. The first-order valence-corrected chi connectivity index (χ1v) is 9.37. The van der Waals surface area contributed by atoms with Crippen molar-refractivity contribution in [1.29, 1.82) is 0 Å². The van der Waals surface area contributed by atoms with Crippen LogP contribution in [0.3, 0.4) is 0 Å².